The summed E-state index contributed by atoms with van der Waals surface area (Å²) in [5.41, 5.74) is 0.869. The Bertz CT molecular complexity index is 727. The molecule has 0 spiro atoms. The predicted octanol–water partition coefficient (Wildman–Crippen LogP) is 0.234. The van der Waals surface area contributed by atoms with Crippen LogP contribution in [0.15, 0.2) is 10.6 Å². The normalized spacial score (nSPS) is 23.2. The molecule has 0 bridgehead atoms. The average molecular weight is 385 g/mol. The number of amides is 2. The number of urea groups is 1. The molecular weight excluding hydrogens is 358 g/mol. The van der Waals surface area contributed by atoms with E-state index in [0.717, 1.165) is 37.4 Å². The second kappa shape index (κ2) is 7.93. The fraction of sp³-hybridized carbons (Fsp3) is 0.750. The van der Waals surface area contributed by atoms with Gasteiger partial charge in [-0.2, -0.15) is 0 Å². The van der Waals surface area contributed by atoms with Gasteiger partial charge >= 0.3 is 6.03 Å². The second-order valence-electron chi connectivity index (χ2n) is 7.11. The van der Waals surface area contributed by atoms with Gasteiger partial charge in [0.25, 0.3) is 0 Å². The number of sulfonamides is 1. The molecule has 2 amide bonds. The number of piperazine rings is 1. The van der Waals surface area contributed by atoms with Gasteiger partial charge in [-0.1, -0.05) is 5.16 Å². The molecule has 26 heavy (non-hydrogen) atoms. The quantitative estimate of drug-likeness (QED) is 0.797. The van der Waals surface area contributed by atoms with Gasteiger partial charge in [0.05, 0.1) is 18.5 Å². The SMILES string of the molecule is Cc1cc(CN2CCN(C(=O)NC3CCCN(S(C)(=O)=O)C3)CC2)on1. The second-order valence-corrected chi connectivity index (χ2v) is 9.09. The fourth-order valence-corrected chi connectivity index (χ4v) is 4.36. The minimum Gasteiger partial charge on any atom is -0.360 e. The Labute approximate surface area is 154 Å². The maximum Gasteiger partial charge on any atom is 0.317 e. The standard InChI is InChI=1S/C16H27N5O4S/c1-13-10-15(25-18-13)12-19-6-8-20(9-7-19)16(22)17-14-4-3-5-21(11-14)26(2,23)24/h10,14H,3-9,11-12H2,1-2H3,(H,17,22). The van der Waals surface area contributed by atoms with Gasteiger partial charge in [0, 0.05) is 51.4 Å². The molecule has 10 heteroatoms. The van der Waals surface area contributed by atoms with Gasteiger partial charge in [-0.05, 0) is 19.8 Å². The van der Waals surface area contributed by atoms with Crippen LogP contribution in [0, 0.1) is 6.92 Å². The lowest BCUT2D eigenvalue weighted by Crippen LogP contribution is -2.56. The minimum atomic E-state index is -3.21. The van der Waals surface area contributed by atoms with E-state index < -0.39 is 10.0 Å². The first-order valence-electron chi connectivity index (χ1n) is 8.96. The van der Waals surface area contributed by atoms with E-state index >= 15 is 0 Å². The summed E-state index contributed by atoms with van der Waals surface area (Å²) in [6, 6.07) is 1.69. The highest BCUT2D eigenvalue weighted by atomic mass is 32.2. The number of hydrogen-bond acceptors (Lipinski definition) is 6. The molecule has 0 radical (unpaired) electrons. The summed E-state index contributed by atoms with van der Waals surface area (Å²) >= 11 is 0. The van der Waals surface area contributed by atoms with Crippen molar-refractivity contribution in [3.8, 4) is 0 Å². The molecule has 3 heterocycles. The first-order valence-corrected chi connectivity index (χ1v) is 10.8. The molecule has 1 N–H and O–H groups in total. The molecule has 0 aliphatic carbocycles. The Kier molecular flexibility index (Phi) is 5.83. The topological polar surface area (TPSA) is 99.0 Å². The van der Waals surface area contributed by atoms with Crippen molar-refractivity contribution in [2.45, 2.75) is 32.4 Å². The van der Waals surface area contributed by atoms with Crippen molar-refractivity contribution in [1.82, 2.24) is 24.6 Å². The van der Waals surface area contributed by atoms with Crippen molar-refractivity contribution in [2.24, 2.45) is 0 Å². The van der Waals surface area contributed by atoms with Gasteiger partial charge < -0.3 is 14.7 Å². The molecule has 2 aliphatic rings. The molecule has 2 aliphatic heterocycles. The molecule has 0 saturated carbocycles. The zero-order valence-electron chi connectivity index (χ0n) is 15.3. The highest BCUT2D eigenvalue weighted by Crippen LogP contribution is 2.14. The number of nitrogens with zero attached hydrogens (tertiary/aromatic N) is 4. The van der Waals surface area contributed by atoms with E-state index in [1.807, 2.05) is 13.0 Å². The number of piperidine rings is 1. The first-order chi connectivity index (χ1) is 12.3. The van der Waals surface area contributed by atoms with Crippen molar-refractivity contribution in [2.75, 3.05) is 45.5 Å². The Morgan fingerprint density at radius 1 is 1.31 bits per heavy atom. The van der Waals surface area contributed by atoms with E-state index in [9.17, 15) is 13.2 Å². The molecular formula is C16H27N5O4S. The summed E-state index contributed by atoms with van der Waals surface area (Å²) in [6.07, 6.45) is 2.79. The van der Waals surface area contributed by atoms with E-state index in [-0.39, 0.29) is 12.1 Å². The third kappa shape index (κ3) is 4.95. The molecule has 3 rings (SSSR count). The number of nitrogens with one attached hydrogen (secondary N) is 1. The minimum absolute atomic E-state index is 0.111. The molecule has 1 aromatic heterocycles. The summed E-state index contributed by atoms with van der Waals surface area (Å²) in [5, 5.41) is 6.88. The summed E-state index contributed by atoms with van der Waals surface area (Å²) in [4.78, 5) is 16.5. The zero-order chi connectivity index (χ0) is 18.7. The van der Waals surface area contributed by atoms with Crippen LogP contribution in [0.3, 0.4) is 0 Å². The summed E-state index contributed by atoms with van der Waals surface area (Å²) in [7, 11) is -3.21. The van der Waals surface area contributed by atoms with E-state index in [1.54, 1.807) is 4.90 Å². The molecule has 0 aromatic carbocycles. The molecule has 146 valence electrons. The van der Waals surface area contributed by atoms with Crippen LogP contribution in [0.4, 0.5) is 4.79 Å². The number of rotatable bonds is 4. The number of hydrogen-bond donors (Lipinski definition) is 1. The molecule has 1 unspecified atom stereocenters. The van der Waals surface area contributed by atoms with Crippen LogP contribution in [0.1, 0.15) is 24.3 Å². The van der Waals surface area contributed by atoms with Crippen molar-refractivity contribution in [3.63, 3.8) is 0 Å². The Morgan fingerprint density at radius 2 is 2.04 bits per heavy atom. The molecule has 2 saturated heterocycles. The lowest BCUT2D eigenvalue weighted by atomic mass is 10.1. The Morgan fingerprint density at radius 3 is 2.65 bits per heavy atom. The summed E-state index contributed by atoms with van der Waals surface area (Å²) in [5.74, 6) is 0.837. The molecule has 9 nitrogen and oxygen atoms in total. The van der Waals surface area contributed by atoms with Crippen LogP contribution in [0.5, 0.6) is 0 Å². The Hall–Kier alpha value is -1.65. The number of carbonyl (C=O) groups excluding carboxylic acids is 1. The maximum absolute atomic E-state index is 12.5. The zero-order valence-corrected chi connectivity index (χ0v) is 16.2. The van der Waals surface area contributed by atoms with Crippen molar-refractivity contribution < 1.29 is 17.7 Å². The van der Waals surface area contributed by atoms with Gasteiger partial charge in [-0.3, -0.25) is 4.90 Å². The van der Waals surface area contributed by atoms with E-state index in [2.05, 4.69) is 15.4 Å². The highest BCUT2D eigenvalue weighted by molar-refractivity contribution is 7.88. The van der Waals surface area contributed by atoms with Crippen LogP contribution >= 0.6 is 0 Å². The van der Waals surface area contributed by atoms with Crippen LogP contribution in [-0.2, 0) is 16.6 Å². The molecule has 2 fully saturated rings. The van der Waals surface area contributed by atoms with E-state index in [0.29, 0.717) is 32.7 Å². The largest absolute Gasteiger partial charge is 0.360 e. The number of carbonyl (C=O) groups is 1. The van der Waals surface area contributed by atoms with Crippen LogP contribution < -0.4 is 5.32 Å². The summed E-state index contributed by atoms with van der Waals surface area (Å²) < 4.78 is 30.1. The summed E-state index contributed by atoms with van der Waals surface area (Å²) in [6.45, 7) is 6.30. The van der Waals surface area contributed by atoms with Gasteiger partial charge in [-0.15, -0.1) is 0 Å². The highest BCUT2D eigenvalue weighted by Gasteiger charge is 2.29. The van der Waals surface area contributed by atoms with Crippen molar-refractivity contribution in [1.29, 1.82) is 0 Å². The van der Waals surface area contributed by atoms with Gasteiger partial charge in [0.2, 0.25) is 10.0 Å². The average Bonchev–Trinajstić information content (AvgIpc) is 3.00. The van der Waals surface area contributed by atoms with Crippen molar-refractivity contribution in [3.05, 3.63) is 17.5 Å². The lowest BCUT2D eigenvalue weighted by molar-refractivity contribution is 0.124. The molecule has 1 aromatic rings. The predicted molar refractivity (Wildman–Crippen MR) is 96.1 cm³/mol. The van der Waals surface area contributed by atoms with Crippen LogP contribution in [0.2, 0.25) is 0 Å². The van der Waals surface area contributed by atoms with Gasteiger partial charge in [0.15, 0.2) is 5.76 Å². The maximum atomic E-state index is 12.5. The first kappa shape index (κ1) is 19.1. The lowest BCUT2D eigenvalue weighted by Gasteiger charge is -2.36. The third-order valence-electron chi connectivity index (χ3n) is 4.90. The van der Waals surface area contributed by atoms with Crippen molar-refractivity contribution >= 4 is 16.1 Å². The number of aromatic nitrogens is 1. The van der Waals surface area contributed by atoms with Gasteiger partial charge in [-0.25, -0.2) is 17.5 Å². The van der Waals surface area contributed by atoms with Gasteiger partial charge in [0.1, 0.15) is 0 Å². The van der Waals surface area contributed by atoms with E-state index in [1.165, 1.54) is 10.6 Å². The van der Waals surface area contributed by atoms with Crippen LogP contribution in [0.25, 0.3) is 0 Å². The monoisotopic (exact) mass is 385 g/mol. The Balaban J connectivity index is 1.45. The third-order valence-corrected chi connectivity index (χ3v) is 6.17. The molecule has 1 atom stereocenters. The fourth-order valence-electron chi connectivity index (χ4n) is 3.45. The number of aryl methyl sites for hydroxylation is 1. The van der Waals surface area contributed by atoms with E-state index in [4.69, 9.17) is 4.52 Å². The smallest absolute Gasteiger partial charge is 0.317 e. The van der Waals surface area contributed by atoms with Crippen LogP contribution in [-0.4, -0.2) is 85.3 Å².